The smallest absolute Gasteiger partial charge is 0.233 e. The Balaban J connectivity index is 1.26. The summed E-state index contributed by atoms with van der Waals surface area (Å²) >= 11 is 0. The zero-order valence-electron chi connectivity index (χ0n) is 17.5. The van der Waals surface area contributed by atoms with E-state index >= 15 is 0 Å². The van der Waals surface area contributed by atoms with Crippen LogP contribution in [0.3, 0.4) is 0 Å². The fourth-order valence-electron chi connectivity index (χ4n) is 4.07. The molecule has 2 aliphatic rings. The van der Waals surface area contributed by atoms with Crippen molar-refractivity contribution in [1.29, 1.82) is 0 Å². The van der Waals surface area contributed by atoms with Crippen LogP contribution in [-0.4, -0.2) is 44.4 Å². The second kappa shape index (κ2) is 8.07. The first kappa shape index (κ1) is 19.6. The van der Waals surface area contributed by atoms with Crippen LogP contribution in [0.4, 0.5) is 0 Å². The number of aliphatic imine (C=N–C) groups is 1. The summed E-state index contributed by atoms with van der Waals surface area (Å²) in [7, 11) is 0. The molecule has 2 saturated heterocycles. The summed E-state index contributed by atoms with van der Waals surface area (Å²) in [5, 5.41) is 12.5. The average molecular weight is 420 g/mol. The number of aromatic nitrogens is 4. The van der Waals surface area contributed by atoms with Gasteiger partial charge in [0.25, 0.3) is 0 Å². The van der Waals surface area contributed by atoms with Crippen LogP contribution in [0.5, 0.6) is 5.88 Å². The third-order valence-corrected chi connectivity index (χ3v) is 5.82. The van der Waals surface area contributed by atoms with Crippen molar-refractivity contribution in [3.8, 4) is 17.1 Å². The number of hydrogen-bond acceptors (Lipinski definition) is 8. The van der Waals surface area contributed by atoms with Crippen molar-refractivity contribution in [2.75, 3.05) is 0 Å². The van der Waals surface area contributed by atoms with Gasteiger partial charge in [0.1, 0.15) is 29.6 Å². The Morgan fingerprint density at radius 3 is 2.77 bits per heavy atom. The Hall–Kier alpha value is -3.33. The zero-order chi connectivity index (χ0) is 21.4. The van der Waals surface area contributed by atoms with Crippen LogP contribution in [0.15, 0.2) is 40.0 Å². The highest BCUT2D eigenvalue weighted by Crippen LogP contribution is 2.36. The third kappa shape index (κ3) is 4.00. The van der Waals surface area contributed by atoms with E-state index in [0.29, 0.717) is 35.0 Å². The van der Waals surface area contributed by atoms with E-state index in [4.69, 9.17) is 19.7 Å². The predicted molar refractivity (Wildman–Crippen MR) is 113 cm³/mol. The molecular weight excluding hydrogens is 396 g/mol. The first-order chi connectivity index (χ1) is 15.1. The molecule has 2 bridgehead atoms. The highest BCUT2D eigenvalue weighted by Gasteiger charge is 2.40. The van der Waals surface area contributed by atoms with Crippen molar-refractivity contribution >= 4 is 5.84 Å². The maximum atomic E-state index is 6.15. The Labute approximate surface area is 179 Å². The zero-order valence-corrected chi connectivity index (χ0v) is 17.5. The molecule has 0 amide bonds. The molecule has 9 nitrogen and oxygen atoms in total. The minimum atomic E-state index is 0.114. The Bertz CT molecular complexity index is 1090. The van der Waals surface area contributed by atoms with Gasteiger partial charge in [-0.2, -0.15) is 0 Å². The molecule has 9 heteroatoms. The fourth-order valence-corrected chi connectivity index (χ4v) is 4.07. The van der Waals surface area contributed by atoms with Gasteiger partial charge in [0.15, 0.2) is 0 Å². The number of nitrogens with two attached hydrogens (primary N) is 1. The van der Waals surface area contributed by atoms with Gasteiger partial charge in [-0.15, -0.1) is 10.2 Å². The Kier molecular flexibility index (Phi) is 5.11. The highest BCUT2D eigenvalue weighted by molar-refractivity contribution is 5.95. The summed E-state index contributed by atoms with van der Waals surface area (Å²) in [6, 6.07) is 7.50. The van der Waals surface area contributed by atoms with Crippen molar-refractivity contribution < 1.29 is 14.0 Å². The van der Waals surface area contributed by atoms with Crippen molar-refractivity contribution in [3.63, 3.8) is 0 Å². The van der Waals surface area contributed by atoms with E-state index in [0.717, 1.165) is 36.1 Å². The van der Waals surface area contributed by atoms with E-state index in [2.05, 4.69) is 25.3 Å². The number of pyridine rings is 1. The lowest BCUT2D eigenvalue weighted by Gasteiger charge is -2.14. The molecule has 0 radical (unpaired) electrons. The molecule has 0 spiro atoms. The first-order valence-corrected chi connectivity index (χ1v) is 10.4. The highest BCUT2D eigenvalue weighted by atomic mass is 16.5. The molecule has 2 aliphatic heterocycles. The van der Waals surface area contributed by atoms with E-state index in [-0.39, 0.29) is 18.8 Å². The van der Waals surface area contributed by atoms with Crippen LogP contribution in [0.1, 0.15) is 42.0 Å². The molecule has 5 heterocycles. The van der Waals surface area contributed by atoms with Crippen LogP contribution in [0.2, 0.25) is 0 Å². The molecule has 3 atom stereocenters. The normalized spacial score (nSPS) is 22.8. The van der Waals surface area contributed by atoms with Crippen molar-refractivity contribution in [3.05, 3.63) is 53.2 Å². The monoisotopic (exact) mass is 420 g/mol. The number of hydrogen-bond donors (Lipinski definition) is 1. The molecule has 31 heavy (non-hydrogen) atoms. The third-order valence-electron chi connectivity index (χ3n) is 5.82. The number of rotatable bonds is 6. The van der Waals surface area contributed by atoms with Crippen LogP contribution in [0, 0.1) is 13.8 Å². The topological polar surface area (TPSA) is 122 Å². The first-order valence-electron chi connectivity index (χ1n) is 10.4. The average Bonchev–Trinajstić information content (AvgIpc) is 3.49. The van der Waals surface area contributed by atoms with Gasteiger partial charge in [-0.1, -0.05) is 5.16 Å². The molecule has 2 fully saturated rings. The SMILES string of the molecule is Cc1ccc(-c2noc(C)c2COc2ccc(C(N)=N[C@H]3C[C@H]4CC[C@H]3O4)nn2)cn1. The van der Waals surface area contributed by atoms with E-state index in [1.165, 1.54) is 0 Å². The predicted octanol–water partition coefficient (Wildman–Crippen LogP) is 2.75. The summed E-state index contributed by atoms with van der Waals surface area (Å²) in [5.41, 5.74) is 10.0. The summed E-state index contributed by atoms with van der Waals surface area (Å²) in [6.45, 7) is 4.04. The molecule has 5 rings (SSSR count). The van der Waals surface area contributed by atoms with Gasteiger partial charge in [-0.05, 0) is 51.3 Å². The van der Waals surface area contributed by atoms with Crippen LogP contribution < -0.4 is 10.5 Å². The van der Waals surface area contributed by atoms with E-state index in [9.17, 15) is 0 Å². The molecule has 2 N–H and O–H groups in total. The summed E-state index contributed by atoms with van der Waals surface area (Å²) in [6.07, 6.45) is 5.38. The molecule has 0 saturated carbocycles. The van der Waals surface area contributed by atoms with Crippen LogP contribution in [0.25, 0.3) is 11.3 Å². The minimum absolute atomic E-state index is 0.114. The van der Waals surface area contributed by atoms with Crippen molar-refractivity contribution in [2.24, 2.45) is 10.7 Å². The fraction of sp³-hybridized carbons (Fsp3) is 0.409. The lowest BCUT2D eigenvalue weighted by molar-refractivity contribution is 0.101. The standard InChI is InChI=1S/C22H24N6O3/c1-12-3-4-14(10-24-12)21-16(13(2)31-28-21)11-29-20-8-6-17(26-27-20)22(23)25-18-9-15-5-7-19(18)30-15/h3-4,6,8,10,15,18-19H,5,7,9,11H2,1-2H3,(H2,23,25)/t15-,18+,19-/m1/s1. The van der Waals surface area contributed by atoms with Gasteiger partial charge in [0, 0.05) is 23.5 Å². The summed E-state index contributed by atoms with van der Waals surface area (Å²) in [4.78, 5) is 8.93. The number of fused-ring (bicyclic) bond motifs is 2. The molecule has 160 valence electrons. The van der Waals surface area contributed by atoms with Crippen molar-refractivity contribution in [2.45, 2.75) is 58.0 Å². The van der Waals surface area contributed by atoms with Gasteiger partial charge >= 0.3 is 0 Å². The van der Waals surface area contributed by atoms with Gasteiger partial charge in [-0.25, -0.2) is 0 Å². The molecule has 3 aromatic heterocycles. The largest absolute Gasteiger partial charge is 0.472 e. The van der Waals surface area contributed by atoms with Crippen LogP contribution in [-0.2, 0) is 11.3 Å². The van der Waals surface area contributed by atoms with Gasteiger partial charge in [-0.3, -0.25) is 9.98 Å². The molecule has 0 aromatic carbocycles. The maximum Gasteiger partial charge on any atom is 0.233 e. The minimum Gasteiger partial charge on any atom is -0.472 e. The number of nitrogens with zero attached hydrogens (tertiary/aromatic N) is 5. The number of amidine groups is 1. The molecule has 3 aromatic rings. The Morgan fingerprint density at radius 1 is 1.19 bits per heavy atom. The van der Waals surface area contributed by atoms with E-state index in [1.54, 1.807) is 18.3 Å². The van der Waals surface area contributed by atoms with E-state index < -0.39 is 0 Å². The number of aryl methyl sites for hydroxylation is 2. The quantitative estimate of drug-likeness (QED) is 0.477. The van der Waals surface area contributed by atoms with E-state index in [1.807, 2.05) is 26.0 Å². The van der Waals surface area contributed by atoms with Gasteiger partial charge in [0.2, 0.25) is 5.88 Å². The summed E-state index contributed by atoms with van der Waals surface area (Å²) in [5.74, 6) is 1.45. The van der Waals surface area contributed by atoms with Crippen molar-refractivity contribution in [1.82, 2.24) is 20.3 Å². The summed E-state index contributed by atoms with van der Waals surface area (Å²) < 4.78 is 17.0. The van der Waals surface area contributed by atoms with Gasteiger partial charge in [0.05, 0.1) is 23.8 Å². The molecule has 0 unspecified atom stereocenters. The second-order valence-electron chi connectivity index (χ2n) is 7.99. The van der Waals surface area contributed by atoms with Crippen LogP contribution >= 0.6 is 0 Å². The molecule has 0 aliphatic carbocycles. The lowest BCUT2D eigenvalue weighted by atomic mass is 9.96. The molecular formula is C22H24N6O3. The second-order valence-corrected chi connectivity index (χ2v) is 7.99. The maximum absolute atomic E-state index is 6.15. The Morgan fingerprint density at radius 2 is 2.10 bits per heavy atom. The lowest BCUT2D eigenvalue weighted by Crippen LogP contribution is -2.25. The number of ether oxygens (including phenoxy) is 2. The van der Waals surface area contributed by atoms with Gasteiger partial charge < -0.3 is 19.7 Å².